The lowest BCUT2D eigenvalue weighted by atomic mass is 10.1. The van der Waals surface area contributed by atoms with Crippen LogP contribution in [0.3, 0.4) is 0 Å². The van der Waals surface area contributed by atoms with Crippen molar-refractivity contribution in [2.24, 2.45) is 5.92 Å². The Kier molecular flexibility index (Phi) is 5.47. The molecule has 0 rings (SSSR count). The number of rotatable bonds is 5. The first-order valence-corrected chi connectivity index (χ1v) is 4.66. The van der Waals surface area contributed by atoms with Crippen LogP contribution in [0.4, 0.5) is 0 Å². The number of halogens is 1. The molecule has 2 nitrogen and oxygen atoms in total. The Labute approximate surface area is 84.7 Å². The second kappa shape index (κ2) is 5.81. The summed E-state index contributed by atoms with van der Waals surface area (Å²) in [6.45, 7) is 11.0. The van der Waals surface area contributed by atoms with Gasteiger partial charge in [0.15, 0.2) is 0 Å². The van der Waals surface area contributed by atoms with E-state index in [1.54, 1.807) is 0 Å². The fourth-order valence-corrected chi connectivity index (χ4v) is 0.834. The van der Waals surface area contributed by atoms with E-state index < -0.39 is 0 Å². The molecule has 1 amide bonds. The number of hydrogen-bond acceptors (Lipinski definition) is 1. The minimum absolute atomic E-state index is 0.112. The molecule has 0 radical (unpaired) electrons. The van der Waals surface area contributed by atoms with E-state index in [1.165, 1.54) is 6.08 Å². The summed E-state index contributed by atoms with van der Waals surface area (Å²) in [5.41, 5.74) is 0.512. The fourth-order valence-electron chi connectivity index (χ4n) is 0.694. The second-order valence-electron chi connectivity index (χ2n) is 3.24. The van der Waals surface area contributed by atoms with Crippen LogP contribution in [-0.4, -0.2) is 11.3 Å². The van der Waals surface area contributed by atoms with E-state index in [2.05, 4.69) is 18.5 Å². The van der Waals surface area contributed by atoms with Gasteiger partial charge in [-0.3, -0.25) is 4.79 Å². The van der Waals surface area contributed by atoms with Gasteiger partial charge >= 0.3 is 0 Å². The first-order chi connectivity index (χ1) is 5.97. The van der Waals surface area contributed by atoms with Gasteiger partial charge in [-0.1, -0.05) is 27.0 Å². The largest absolute Gasteiger partial charge is 0.327 e. The molecule has 0 fully saturated rings. The minimum Gasteiger partial charge on any atom is -0.327 e. The van der Waals surface area contributed by atoms with Crippen LogP contribution >= 0.6 is 11.6 Å². The summed E-state index contributed by atoms with van der Waals surface area (Å²) in [5.74, 6) is 0.183. The first-order valence-electron chi connectivity index (χ1n) is 4.22. The number of nitrogens with one attached hydrogen (secondary N) is 1. The molecule has 0 bridgehead atoms. The lowest BCUT2D eigenvalue weighted by Gasteiger charge is -2.12. The van der Waals surface area contributed by atoms with Crippen molar-refractivity contribution in [3.05, 3.63) is 24.9 Å². The maximum Gasteiger partial charge on any atom is 0.225 e. The number of carbonyl (C=O) groups excluding carboxylic acids is 1. The van der Waals surface area contributed by atoms with Crippen LogP contribution in [0.2, 0.25) is 0 Å². The van der Waals surface area contributed by atoms with Gasteiger partial charge in [0.05, 0.1) is 0 Å². The van der Waals surface area contributed by atoms with Crippen molar-refractivity contribution < 1.29 is 4.79 Å². The van der Waals surface area contributed by atoms with Crippen LogP contribution in [-0.2, 0) is 4.79 Å². The Hall–Kier alpha value is -0.760. The third-order valence-electron chi connectivity index (χ3n) is 1.65. The van der Waals surface area contributed by atoms with Gasteiger partial charge in [-0.2, -0.15) is 0 Å². The van der Waals surface area contributed by atoms with Gasteiger partial charge in [0.1, 0.15) is 0 Å². The highest BCUT2D eigenvalue weighted by Gasteiger charge is 2.14. The first kappa shape index (κ1) is 12.2. The predicted molar refractivity (Wildman–Crippen MR) is 56.6 cm³/mol. The molecule has 0 aromatic heterocycles. The van der Waals surface area contributed by atoms with Crippen molar-refractivity contribution in [3.63, 3.8) is 0 Å². The zero-order valence-corrected chi connectivity index (χ0v) is 8.90. The summed E-state index contributed by atoms with van der Waals surface area (Å²) in [7, 11) is 0. The van der Waals surface area contributed by atoms with Crippen molar-refractivity contribution in [2.45, 2.75) is 25.6 Å². The summed E-state index contributed by atoms with van der Waals surface area (Å²) >= 11 is 5.92. The van der Waals surface area contributed by atoms with E-state index in [0.29, 0.717) is 18.0 Å². The smallest absolute Gasteiger partial charge is 0.225 e. The van der Waals surface area contributed by atoms with Gasteiger partial charge in [-0.05, 0) is 12.0 Å². The molecule has 1 atom stereocenters. The lowest BCUT2D eigenvalue weighted by Crippen LogP contribution is -2.25. The monoisotopic (exact) mass is 201 g/mol. The molecular formula is C10H16ClNO. The van der Waals surface area contributed by atoms with Gasteiger partial charge in [0, 0.05) is 17.5 Å². The third-order valence-corrected chi connectivity index (χ3v) is 2.31. The van der Waals surface area contributed by atoms with Gasteiger partial charge in [-0.25, -0.2) is 0 Å². The summed E-state index contributed by atoms with van der Waals surface area (Å²) in [6.07, 6.45) is 1.81. The molecule has 13 heavy (non-hydrogen) atoms. The number of hydrogen-bond donors (Lipinski definition) is 1. The molecule has 0 saturated heterocycles. The fraction of sp³-hybridized carbons (Fsp3) is 0.500. The summed E-state index contributed by atoms with van der Waals surface area (Å²) in [6, 6.07) is 0. The lowest BCUT2D eigenvalue weighted by molar-refractivity contribution is -0.120. The van der Waals surface area contributed by atoms with E-state index in [-0.39, 0.29) is 11.3 Å². The highest BCUT2D eigenvalue weighted by atomic mass is 35.5. The summed E-state index contributed by atoms with van der Waals surface area (Å²) < 4.78 is 0. The molecule has 74 valence electrons. The van der Waals surface area contributed by atoms with Crippen LogP contribution in [0.25, 0.3) is 0 Å². The molecule has 0 spiro atoms. The highest BCUT2D eigenvalue weighted by molar-refractivity contribution is 6.21. The van der Waals surface area contributed by atoms with Gasteiger partial charge < -0.3 is 5.32 Å². The Balaban J connectivity index is 3.87. The molecule has 0 aliphatic carbocycles. The number of amides is 1. The summed E-state index contributed by atoms with van der Waals surface area (Å²) in [5, 5.41) is 2.45. The van der Waals surface area contributed by atoms with Crippen molar-refractivity contribution >= 4 is 17.5 Å². The van der Waals surface area contributed by atoms with E-state index in [0.717, 1.165) is 0 Å². The number of alkyl halides is 1. The average Bonchev–Trinajstić information content (AvgIpc) is 2.03. The van der Waals surface area contributed by atoms with Crippen molar-refractivity contribution in [3.8, 4) is 0 Å². The summed E-state index contributed by atoms with van der Waals surface area (Å²) in [4.78, 5) is 11.2. The van der Waals surface area contributed by atoms with Crippen molar-refractivity contribution in [1.29, 1.82) is 0 Å². The maximum atomic E-state index is 11.2. The number of carbonyl (C=O) groups is 1. The average molecular weight is 202 g/mol. The quantitative estimate of drug-likeness (QED) is 0.538. The van der Waals surface area contributed by atoms with Crippen LogP contribution in [0, 0.1) is 5.92 Å². The second-order valence-corrected chi connectivity index (χ2v) is 3.80. The molecule has 1 N–H and O–H groups in total. The Bertz CT molecular complexity index is 211. The van der Waals surface area contributed by atoms with Crippen molar-refractivity contribution in [2.75, 3.05) is 0 Å². The van der Waals surface area contributed by atoms with Gasteiger partial charge in [0.25, 0.3) is 0 Å². The van der Waals surface area contributed by atoms with E-state index >= 15 is 0 Å². The van der Waals surface area contributed by atoms with Crippen LogP contribution in [0.1, 0.15) is 20.3 Å². The molecule has 0 aliphatic heterocycles. The predicted octanol–water partition coefficient (Wildman–Crippen LogP) is 2.46. The van der Waals surface area contributed by atoms with Crippen molar-refractivity contribution in [1.82, 2.24) is 5.32 Å². The zero-order valence-electron chi connectivity index (χ0n) is 8.14. The Morgan fingerprint density at radius 1 is 1.62 bits per heavy atom. The van der Waals surface area contributed by atoms with Crippen LogP contribution in [0.15, 0.2) is 24.9 Å². The minimum atomic E-state index is -0.127. The Morgan fingerprint density at radius 3 is 2.54 bits per heavy atom. The Morgan fingerprint density at radius 2 is 2.15 bits per heavy atom. The topological polar surface area (TPSA) is 29.1 Å². The maximum absolute atomic E-state index is 11.2. The molecular weight excluding hydrogens is 186 g/mol. The molecule has 0 aromatic rings. The third kappa shape index (κ3) is 5.47. The SMILES string of the molecule is C=CC(=C)NC(=O)CC(Cl)C(C)C. The van der Waals surface area contributed by atoms with Crippen LogP contribution < -0.4 is 5.32 Å². The molecule has 0 aromatic carbocycles. The molecule has 1 unspecified atom stereocenters. The zero-order chi connectivity index (χ0) is 10.4. The molecule has 0 aliphatic rings. The highest BCUT2D eigenvalue weighted by Crippen LogP contribution is 2.13. The van der Waals surface area contributed by atoms with Crippen LogP contribution in [0.5, 0.6) is 0 Å². The normalized spacial score (nSPS) is 12.3. The van der Waals surface area contributed by atoms with Gasteiger partial charge in [0.2, 0.25) is 5.91 Å². The molecule has 0 saturated carbocycles. The molecule has 0 heterocycles. The van der Waals surface area contributed by atoms with E-state index in [1.807, 2.05) is 13.8 Å². The van der Waals surface area contributed by atoms with E-state index in [4.69, 9.17) is 11.6 Å². The number of allylic oxidation sites excluding steroid dienone is 1. The standard InChI is InChI=1S/C10H16ClNO/c1-5-8(4)12-10(13)6-9(11)7(2)3/h5,7,9H,1,4,6H2,2-3H3,(H,12,13). The van der Waals surface area contributed by atoms with E-state index in [9.17, 15) is 4.79 Å². The molecule has 3 heteroatoms. The van der Waals surface area contributed by atoms with Gasteiger partial charge in [-0.15, -0.1) is 11.6 Å².